The van der Waals surface area contributed by atoms with Crippen LogP contribution in [-0.2, 0) is 4.74 Å². The lowest BCUT2D eigenvalue weighted by Gasteiger charge is -1.94. The molecule has 0 atom stereocenters. The first-order valence-electron chi connectivity index (χ1n) is 4.22. The van der Waals surface area contributed by atoms with Crippen LogP contribution in [-0.4, -0.2) is 23.0 Å². The number of fused-ring (bicyclic) bond motifs is 1. The fourth-order valence-electron chi connectivity index (χ4n) is 1.41. The van der Waals surface area contributed by atoms with Gasteiger partial charge in [-0.15, -0.1) is 0 Å². The third-order valence-electron chi connectivity index (χ3n) is 2.10. The van der Waals surface area contributed by atoms with Crippen molar-refractivity contribution in [3.63, 3.8) is 0 Å². The molecule has 5 heteroatoms. The Morgan fingerprint density at radius 2 is 2.47 bits per heavy atom. The van der Waals surface area contributed by atoms with E-state index in [9.17, 15) is 4.79 Å². The van der Waals surface area contributed by atoms with E-state index in [4.69, 9.17) is 5.26 Å². The summed E-state index contributed by atoms with van der Waals surface area (Å²) < 4.78 is 4.57. The number of nitriles is 1. The predicted molar refractivity (Wildman–Crippen MR) is 52.1 cm³/mol. The predicted octanol–water partition coefficient (Wildman–Crippen LogP) is 1.22. The SMILES string of the molecule is COC(=O)c1[nH]c2ccncc2c1C#N. The Morgan fingerprint density at radius 3 is 3.13 bits per heavy atom. The minimum atomic E-state index is -0.553. The van der Waals surface area contributed by atoms with Gasteiger partial charge in [0.2, 0.25) is 0 Å². The average molecular weight is 201 g/mol. The van der Waals surface area contributed by atoms with Gasteiger partial charge >= 0.3 is 5.97 Å². The van der Waals surface area contributed by atoms with Crippen molar-refractivity contribution in [3.05, 3.63) is 29.7 Å². The molecule has 2 heterocycles. The van der Waals surface area contributed by atoms with Crippen LogP contribution >= 0.6 is 0 Å². The maximum Gasteiger partial charge on any atom is 0.355 e. The Balaban J connectivity index is 2.76. The molecule has 5 nitrogen and oxygen atoms in total. The quantitative estimate of drug-likeness (QED) is 0.703. The molecule has 74 valence electrons. The van der Waals surface area contributed by atoms with Gasteiger partial charge in [0.1, 0.15) is 11.8 Å². The van der Waals surface area contributed by atoms with Crippen LogP contribution in [0.2, 0.25) is 0 Å². The summed E-state index contributed by atoms with van der Waals surface area (Å²) in [7, 11) is 1.27. The number of ether oxygens (including phenoxy) is 1. The number of carbonyl (C=O) groups excluding carboxylic acids is 1. The molecule has 0 amide bonds. The molecule has 2 rings (SSSR count). The second-order valence-corrected chi connectivity index (χ2v) is 2.90. The van der Waals surface area contributed by atoms with Crippen LogP contribution in [0.25, 0.3) is 10.9 Å². The van der Waals surface area contributed by atoms with Crippen molar-refractivity contribution in [2.75, 3.05) is 7.11 Å². The third kappa shape index (κ3) is 1.32. The maximum absolute atomic E-state index is 11.3. The van der Waals surface area contributed by atoms with E-state index >= 15 is 0 Å². The van der Waals surface area contributed by atoms with E-state index in [2.05, 4.69) is 14.7 Å². The van der Waals surface area contributed by atoms with Crippen molar-refractivity contribution in [2.45, 2.75) is 0 Å². The minimum Gasteiger partial charge on any atom is -0.464 e. The van der Waals surface area contributed by atoms with Gasteiger partial charge in [0.25, 0.3) is 0 Å². The lowest BCUT2D eigenvalue weighted by Crippen LogP contribution is -2.03. The summed E-state index contributed by atoms with van der Waals surface area (Å²) in [5, 5.41) is 9.57. The lowest BCUT2D eigenvalue weighted by atomic mass is 10.2. The number of pyridine rings is 1. The van der Waals surface area contributed by atoms with Gasteiger partial charge < -0.3 is 9.72 Å². The van der Waals surface area contributed by atoms with Crippen molar-refractivity contribution < 1.29 is 9.53 Å². The molecule has 0 aliphatic rings. The Morgan fingerprint density at radius 1 is 1.67 bits per heavy atom. The molecular formula is C10H7N3O2. The second-order valence-electron chi connectivity index (χ2n) is 2.90. The number of esters is 1. The van der Waals surface area contributed by atoms with Crippen LogP contribution in [0.1, 0.15) is 16.1 Å². The second kappa shape index (κ2) is 3.42. The van der Waals surface area contributed by atoms with E-state index in [0.29, 0.717) is 10.9 Å². The molecule has 2 aromatic rings. The Kier molecular flexibility index (Phi) is 2.10. The molecule has 0 aromatic carbocycles. The smallest absolute Gasteiger partial charge is 0.355 e. The standard InChI is InChI=1S/C10H7N3O2/c1-15-10(14)9-6(4-11)7-5-12-3-2-8(7)13-9/h2-3,5,13H,1H3. The molecule has 1 N–H and O–H groups in total. The van der Waals surface area contributed by atoms with Gasteiger partial charge in [-0.1, -0.05) is 0 Å². The zero-order chi connectivity index (χ0) is 10.8. The molecular weight excluding hydrogens is 194 g/mol. The van der Waals surface area contributed by atoms with Crippen LogP contribution in [0.3, 0.4) is 0 Å². The van der Waals surface area contributed by atoms with Crippen molar-refractivity contribution in [3.8, 4) is 6.07 Å². The van der Waals surface area contributed by atoms with Crippen LogP contribution in [0, 0.1) is 11.3 Å². The van der Waals surface area contributed by atoms with Crippen molar-refractivity contribution >= 4 is 16.9 Å². The Labute approximate surface area is 85.3 Å². The van der Waals surface area contributed by atoms with E-state index < -0.39 is 5.97 Å². The number of hydrogen-bond acceptors (Lipinski definition) is 4. The number of rotatable bonds is 1. The van der Waals surface area contributed by atoms with E-state index in [1.807, 2.05) is 6.07 Å². The normalized spacial score (nSPS) is 9.87. The summed E-state index contributed by atoms with van der Waals surface area (Å²) in [6, 6.07) is 3.66. The average Bonchev–Trinajstić information content (AvgIpc) is 2.66. The first-order chi connectivity index (χ1) is 7.27. The molecule has 0 radical (unpaired) electrons. The molecule has 0 saturated heterocycles. The molecule has 0 fully saturated rings. The zero-order valence-corrected chi connectivity index (χ0v) is 7.94. The summed E-state index contributed by atoms with van der Waals surface area (Å²) >= 11 is 0. The van der Waals surface area contributed by atoms with E-state index in [1.165, 1.54) is 13.3 Å². The Hall–Kier alpha value is -2.35. The van der Waals surface area contributed by atoms with Gasteiger partial charge in [-0.3, -0.25) is 4.98 Å². The molecule has 0 saturated carbocycles. The van der Waals surface area contributed by atoms with Crippen molar-refractivity contribution in [1.29, 1.82) is 5.26 Å². The van der Waals surface area contributed by atoms with Crippen LogP contribution in [0.5, 0.6) is 0 Å². The van der Waals surface area contributed by atoms with E-state index in [0.717, 1.165) is 0 Å². The first-order valence-corrected chi connectivity index (χ1v) is 4.22. The highest BCUT2D eigenvalue weighted by molar-refractivity contribution is 5.99. The van der Waals surface area contributed by atoms with Crippen LogP contribution < -0.4 is 0 Å². The van der Waals surface area contributed by atoms with Crippen molar-refractivity contribution in [2.24, 2.45) is 0 Å². The number of nitrogens with zero attached hydrogens (tertiary/aromatic N) is 2. The van der Waals surface area contributed by atoms with Gasteiger partial charge in [0.15, 0.2) is 0 Å². The van der Waals surface area contributed by atoms with Gasteiger partial charge in [-0.05, 0) is 6.07 Å². The van der Waals surface area contributed by atoms with Crippen LogP contribution in [0.4, 0.5) is 0 Å². The molecule has 0 bridgehead atoms. The summed E-state index contributed by atoms with van der Waals surface area (Å²) in [5.74, 6) is -0.553. The number of hydrogen-bond donors (Lipinski definition) is 1. The third-order valence-corrected chi connectivity index (χ3v) is 2.10. The molecule has 0 spiro atoms. The lowest BCUT2D eigenvalue weighted by molar-refractivity contribution is 0.0595. The van der Waals surface area contributed by atoms with E-state index in [1.54, 1.807) is 12.3 Å². The highest BCUT2D eigenvalue weighted by atomic mass is 16.5. The Bertz CT molecular complexity index is 566. The summed E-state index contributed by atoms with van der Waals surface area (Å²) in [6.07, 6.45) is 3.12. The maximum atomic E-state index is 11.3. The highest BCUT2D eigenvalue weighted by Crippen LogP contribution is 2.20. The first kappa shape index (κ1) is 9.21. The van der Waals surface area contributed by atoms with Gasteiger partial charge in [0.05, 0.1) is 18.2 Å². The number of aromatic amines is 1. The van der Waals surface area contributed by atoms with Crippen molar-refractivity contribution in [1.82, 2.24) is 9.97 Å². The van der Waals surface area contributed by atoms with E-state index in [-0.39, 0.29) is 11.3 Å². The molecule has 0 aliphatic carbocycles. The van der Waals surface area contributed by atoms with Gasteiger partial charge in [-0.2, -0.15) is 5.26 Å². The highest BCUT2D eigenvalue weighted by Gasteiger charge is 2.17. The molecule has 0 aliphatic heterocycles. The fourth-order valence-corrected chi connectivity index (χ4v) is 1.41. The zero-order valence-electron chi connectivity index (χ0n) is 7.94. The van der Waals surface area contributed by atoms with Crippen LogP contribution in [0.15, 0.2) is 18.5 Å². The molecule has 2 aromatic heterocycles. The topological polar surface area (TPSA) is 78.8 Å². The molecule has 0 unspecified atom stereocenters. The number of carbonyl (C=O) groups is 1. The number of H-pyrrole nitrogens is 1. The monoisotopic (exact) mass is 201 g/mol. The number of methoxy groups -OCH3 is 1. The summed E-state index contributed by atoms with van der Waals surface area (Å²) in [6.45, 7) is 0. The summed E-state index contributed by atoms with van der Waals surface area (Å²) in [4.78, 5) is 18.1. The largest absolute Gasteiger partial charge is 0.464 e. The fraction of sp³-hybridized carbons (Fsp3) is 0.100. The number of aromatic nitrogens is 2. The molecule has 15 heavy (non-hydrogen) atoms. The van der Waals surface area contributed by atoms with Gasteiger partial charge in [-0.25, -0.2) is 4.79 Å². The summed E-state index contributed by atoms with van der Waals surface area (Å²) in [5.41, 5.74) is 1.13. The minimum absolute atomic E-state index is 0.169. The number of nitrogens with one attached hydrogen (secondary N) is 1. The van der Waals surface area contributed by atoms with Gasteiger partial charge in [0, 0.05) is 17.8 Å².